The number of esters is 1. The molecule has 5 rings (SSSR count). The van der Waals surface area contributed by atoms with Crippen LogP contribution in [0.1, 0.15) is 126 Å². The van der Waals surface area contributed by atoms with Crippen LogP contribution in [0.25, 0.3) is 0 Å². The molecule has 0 aromatic heterocycles. The Morgan fingerprint density at radius 2 is 1.40 bits per heavy atom. The van der Waals surface area contributed by atoms with Crippen LogP contribution in [0.2, 0.25) is 0 Å². The summed E-state index contributed by atoms with van der Waals surface area (Å²) in [6.45, 7) is 19.4. The maximum Gasteiger partial charge on any atom is 0.302 e. The summed E-state index contributed by atoms with van der Waals surface area (Å²) in [5.74, 6) is 2.94. The molecule has 5 saturated carbocycles. The number of carbonyl (C=O) groups excluding carboxylic acids is 1. The van der Waals surface area contributed by atoms with Crippen molar-refractivity contribution < 1.29 is 14.6 Å². The first kappa shape index (κ1) is 26.1. The molecule has 0 bridgehead atoms. The van der Waals surface area contributed by atoms with Crippen LogP contribution in [-0.2, 0) is 9.53 Å². The van der Waals surface area contributed by atoms with Crippen molar-refractivity contribution in [1.29, 1.82) is 0 Å². The summed E-state index contributed by atoms with van der Waals surface area (Å²) in [6, 6.07) is 0. The van der Waals surface area contributed by atoms with Gasteiger partial charge in [-0.25, -0.2) is 0 Å². The quantitative estimate of drug-likeness (QED) is 0.414. The summed E-state index contributed by atoms with van der Waals surface area (Å²) >= 11 is 0. The second kappa shape index (κ2) is 7.97. The summed E-state index contributed by atoms with van der Waals surface area (Å²) in [5, 5.41) is 11.4. The van der Waals surface area contributed by atoms with Gasteiger partial charge in [0.25, 0.3) is 0 Å². The molecular weight excluding hydrogens is 432 g/mol. The van der Waals surface area contributed by atoms with Gasteiger partial charge < -0.3 is 9.84 Å². The molecule has 3 heteroatoms. The summed E-state index contributed by atoms with van der Waals surface area (Å²) in [5.41, 5.74) is 1.14. The van der Waals surface area contributed by atoms with Gasteiger partial charge in [-0.15, -0.1) is 0 Å². The Morgan fingerprint density at radius 1 is 0.800 bits per heavy atom. The van der Waals surface area contributed by atoms with E-state index in [1.807, 2.05) is 6.92 Å². The Balaban J connectivity index is 1.45. The second-order valence-corrected chi connectivity index (χ2v) is 15.9. The summed E-state index contributed by atoms with van der Waals surface area (Å²) in [6.07, 6.45) is 14.6. The lowest BCUT2D eigenvalue weighted by Crippen LogP contribution is -2.66. The zero-order valence-electron chi connectivity index (χ0n) is 24.1. The van der Waals surface area contributed by atoms with Crippen molar-refractivity contribution in [3.8, 4) is 0 Å². The number of hydrogen-bond acceptors (Lipinski definition) is 3. The Labute approximate surface area is 215 Å². The maximum atomic E-state index is 11.5. The Bertz CT molecular complexity index is 861. The van der Waals surface area contributed by atoms with Crippen molar-refractivity contribution in [2.24, 2.45) is 56.7 Å². The van der Waals surface area contributed by atoms with Gasteiger partial charge in [-0.05, 0) is 128 Å². The number of aliphatic hydroxyl groups is 1. The average molecular weight is 487 g/mol. The molecule has 0 aromatic rings. The topological polar surface area (TPSA) is 46.5 Å². The van der Waals surface area contributed by atoms with Gasteiger partial charge in [-0.2, -0.15) is 0 Å². The van der Waals surface area contributed by atoms with Gasteiger partial charge >= 0.3 is 5.97 Å². The largest absolute Gasteiger partial charge is 0.463 e. The molecule has 3 nitrogen and oxygen atoms in total. The number of carbonyl (C=O) groups is 1. The molecule has 0 radical (unpaired) electrons. The van der Waals surface area contributed by atoms with E-state index in [4.69, 9.17) is 4.74 Å². The molecule has 0 saturated heterocycles. The minimum atomic E-state index is -0.928. The smallest absolute Gasteiger partial charge is 0.302 e. The summed E-state index contributed by atoms with van der Waals surface area (Å²) in [4.78, 5) is 11.5. The standard InChI is InChI=1S/C32H54O3/c1-21(33)35-20-32(8,34)23-12-17-28(4)22(23)13-18-30(6)25(28)10-11-26-29(5)16-9-15-27(2,3)24(29)14-19-31(26,30)7/h22-26,34H,9-20H2,1-8H3/t22-,23-,24-,25+,26+,28-,29-,30+,31+,32?/m0/s1. The molecule has 0 heterocycles. The van der Waals surface area contributed by atoms with Gasteiger partial charge in [-0.1, -0.05) is 48.0 Å². The lowest BCUT2D eigenvalue weighted by molar-refractivity contribution is -0.243. The average Bonchev–Trinajstić information content (AvgIpc) is 3.10. The van der Waals surface area contributed by atoms with E-state index in [0.717, 1.165) is 24.2 Å². The highest BCUT2D eigenvalue weighted by molar-refractivity contribution is 5.65. The van der Waals surface area contributed by atoms with Gasteiger partial charge in [0.2, 0.25) is 0 Å². The number of rotatable bonds is 3. The van der Waals surface area contributed by atoms with Crippen molar-refractivity contribution in [2.45, 2.75) is 132 Å². The highest BCUT2D eigenvalue weighted by atomic mass is 16.5. The maximum absolute atomic E-state index is 11.5. The third-order valence-electron chi connectivity index (χ3n) is 14.1. The van der Waals surface area contributed by atoms with E-state index in [1.54, 1.807) is 0 Å². The van der Waals surface area contributed by atoms with E-state index in [1.165, 1.54) is 71.1 Å². The molecule has 10 atom stereocenters. The van der Waals surface area contributed by atoms with Gasteiger partial charge in [0.15, 0.2) is 0 Å². The zero-order chi connectivity index (χ0) is 25.7. The molecule has 5 aliphatic rings. The van der Waals surface area contributed by atoms with Crippen molar-refractivity contribution in [3.63, 3.8) is 0 Å². The summed E-state index contributed by atoms with van der Waals surface area (Å²) < 4.78 is 5.33. The zero-order valence-corrected chi connectivity index (χ0v) is 24.1. The molecule has 0 aromatic carbocycles. The molecule has 0 amide bonds. The van der Waals surface area contributed by atoms with E-state index in [0.29, 0.717) is 27.6 Å². The highest BCUT2D eigenvalue weighted by Gasteiger charge is 2.70. The fraction of sp³-hybridized carbons (Fsp3) is 0.969. The molecule has 0 aliphatic heterocycles. The predicted molar refractivity (Wildman–Crippen MR) is 142 cm³/mol. The predicted octanol–water partition coefficient (Wildman–Crippen LogP) is 7.79. The Hall–Kier alpha value is -0.570. The first-order valence-corrected chi connectivity index (χ1v) is 15.0. The van der Waals surface area contributed by atoms with Crippen molar-refractivity contribution >= 4 is 5.97 Å². The minimum absolute atomic E-state index is 0.136. The van der Waals surface area contributed by atoms with Crippen LogP contribution in [-0.4, -0.2) is 23.3 Å². The fourth-order valence-corrected chi connectivity index (χ4v) is 12.4. The number of ether oxygens (including phenoxy) is 1. The molecular formula is C32H54O3. The van der Waals surface area contributed by atoms with Crippen LogP contribution in [0, 0.1) is 56.7 Å². The van der Waals surface area contributed by atoms with Gasteiger partial charge in [-0.3, -0.25) is 4.79 Å². The number of hydrogen-bond donors (Lipinski definition) is 1. The van der Waals surface area contributed by atoms with E-state index in [-0.39, 0.29) is 23.9 Å². The summed E-state index contributed by atoms with van der Waals surface area (Å²) in [7, 11) is 0. The fourth-order valence-electron chi connectivity index (χ4n) is 12.4. The van der Waals surface area contributed by atoms with Gasteiger partial charge in [0.1, 0.15) is 6.61 Å². The normalized spacial score (nSPS) is 52.3. The number of fused-ring (bicyclic) bond motifs is 7. The van der Waals surface area contributed by atoms with E-state index < -0.39 is 5.60 Å². The Morgan fingerprint density at radius 3 is 2.03 bits per heavy atom. The molecule has 1 unspecified atom stereocenters. The lowest BCUT2D eigenvalue weighted by Gasteiger charge is -2.73. The molecule has 200 valence electrons. The minimum Gasteiger partial charge on any atom is -0.463 e. The molecule has 0 spiro atoms. The van der Waals surface area contributed by atoms with E-state index >= 15 is 0 Å². The monoisotopic (exact) mass is 486 g/mol. The first-order valence-electron chi connectivity index (χ1n) is 15.0. The van der Waals surface area contributed by atoms with Gasteiger partial charge in [0.05, 0.1) is 5.60 Å². The van der Waals surface area contributed by atoms with Crippen LogP contribution < -0.4 is 0 Å². The second-order valence-electron chi connectivity index (χ2n) is 15.9. The van der Waals surface area contributed by atoms with Crippen LogP contribution in [0.15, 0.2) is 0 Å². The lowest BCUT2D eigenvalue weighted by atomic mass is 9.32. The third-order valence-corrected chi connectivity index (χ3v) is 14.1. The third kappa shape index (κ3) is 3.48. The first-order chi connectivity index (χ1) is 16.1. The van der Waals surface area contributed by atoms with E-state index in [9.17, 15) is 9.90 Å². The highest BCUT2D eigenvalue weighted by Crippen LogP contribution is 2.78. The van der Waals surface area contributed by atoms with Crippen molar-refractivity contribution in [1.82, 2.24) is 0 Å². The molecule has 35 heavy (non-hydrogen) atoms. The molecule has 5 fully saturated rings. The van der Waals surface area contributed by atoms with Crippen LogP contribution in [0.4, 0.5) is 0 Å². The van der Waals surface area contributed by atoms with Crippen LogP contribution in [0.5, 0.6) is 0 Å². The SMILES string of the molecule is CC(=O)OCC(C)(O)[C@H]1CC[C@]2(C)[C@H]3CC[C@@H]4[C@@]5(C)CCCC(C)(C)[C@@H]5CC[C@@]4(C)[C@]3(C)CC[C@@H]12. The van der Waals surface area contributed by atoms with Gasteiger partial charge in [0, 0.05) is 6.92 Å². The van der Waals surface area contributed by atoms with Crippen LogP contribution in [0.3, 0.4) is 0 Å². The van der Waals surface area contributed by atoms with Crippen molar-refractivity contribution in [3.05, 3.63) is 0 Å². The molecule has 5 aliphatic carbocycles. The van der Waals surface area contributed by atoms with Crippen LogP contribution >= 0.6 is 0 Å². The molecule has 1 N–H and O–H groups in total. The van der Waals surface area contributed by atoms with E-state index in [2.05, 4.69) is 41.5 Å². The Kier molecular flexibility index (Phi) is 5.93. The van der Waals surface area contributed by atoms with Crippen molar-refractivity contribution in [2.75, 3.05) is 6.61 Å².